The molecule has 27 heavy (non-hydrogen) atoms. The van der Waals surface area contributed by atoms with E-state index in [-0.39, 0.29) is 29.1 Å². The predicted molar refractivity (Wildman–Crippen MR) is 96.7 cm³/mol. The molecule has 0 aliphatic rings. The average Bonchev–Trinajstić information content (AvgIpc) is 3.19. The first kappa shape index (κ1) is 18.8. The minimum Gasteiger partial charge on any atom is -0.467 e. The number of carbonyl (C=O) groups is 1. The van der Waals surface area contributed by atoms with Crippen LogP contribution in [0, 0.1) is 5.82 Å². The molecule has 140 valence electrons. The normalized spacial score (nSPS) is 11.3. The van der Waals surface area contributed by atoms with Crippen LogP contribution in [0.1, 0.15) is 21.7 Å². The number of sulfonamides is 1. The van der Waals surface area contributed by atoms with E-state index in [1.54, 1.807) is 18.2 Å². The highest BCUT2D eigenvalue weighted by atomic mass is 32.2. The van der Waals surface area contributed by atoms with Crippen LogP contribution in [0.3, 0.4) is 0 Å². The van der Waals surface area contributed by atoms with Gasteiger partial charge in [0.15, 0.2) is 0 Å². The minimum atomic E-state index is -3.90. The van der Waals surface area contributed by atoms with Crippen LogP contribution >= 0.6 is 0 Å². The molecular formula is C19H17FN2O4S. The smallest absolute Gasteiger partial charge is 0.251 e. The van der Waals surface area contributed by atoms with Gasteiger partial charge in [-0.3, -0.25) is 4.79 Å². The quantitative estimate of drug-likeness (QED) is 0.651. The fraction of sp³-hybridized carbons (Fsp3) is 0.105. The fourth-order valence-corrected chi connectivity index (χ4v) is 3.44. The second-order valence-electron chi connectivity index (χ2n) is 5.71. The maximum atomic E-state index is 13.6. The molecule has 8 heteroatoms. The maximum Gasteiger partial charge on any atom is 0.251 e. The molecule has 1 heterocycles. The lowest BCUT2D eigenvalue weighted by molar-refractivity contribution is 0.0948. The van der Waals surface area contributed by atoms with Crippen LogP contribution in [0.2, 0.25) is 0 Å². The Morgan fingerprint density at radius 2 is 1.81 bits per heavy atom. The second-order valence-corrected chi connectivity index (χ2v) is 7.47. The number of benzene rings is 2. The van der Waals surface area contributed by atoms with Gasteiger partial charge in [0.25, 0.3) is 5.91 Å². The lowest BCUT2D eigenvalue weighted by atomic mass is 10.2. The molecule has 3 aromatic rings. The third kappa shape index (κ3) is 4.81. The van der Waals surface area contributed by atoms with E-state index in [4.69, 9.17) is 4.42 Å². The summed E-state index contributed by atoms with van der Waals surface area (Å²) in [5.74, 6) is -0.345. The van der Waals surface area contributed by atoms with Crippen LogP contribution < -0.4 is 10.0 Å². The summed E-state index contributed by atoms with van der Waals surface area (Å²) in [5, 5.41) is 2.65. The fourth-order valence-electron chi connectivity index (χ4n) is 2.38. The first-order valence-corrected chi connectivity index (χ1v) is 9.58. The lowest BCUT2D eigenvalue weighted by Crippen LogP contribution is -2.25. The number of nitrogens with one attached hydrogen (secondary N) is 2. The Hall–Kier alpha value is -2.97. The molecule has 0 saturated carbocycles. The molecule has 0 radical (unpaired) electrons. The monoisotopic (exact) mass is 388 g/mol. The highest BCUT2D eigenvalue weighted by molar-refractivity contribution is 7.89. The zero-order valence-corrected chi connectivity index (χ0v) is 15.0. The number of hydrogen-bond acceptors (Lipinski definition) is 4. The summed E-state index contributed by atoms with van der Waals surface area (Å²) in [7, 11) is -3.90. The topological polar surface area (TPSA) is 88.4 Å². The van der Waals surface area contributed by atoms with Gasteiger partial charge < -0.3 is 9.73 Å². The van der Waals surface area contributed by atoms with Crippen molar-refractivity contribution in [1.82, 2.24) is 10.0 Å². The summed E-state index contributed by atoms with van der Waals surface area (Å²) < 4.78 is 46.0. The van der Waals surface area contributed by atoms with Crippen LogP contribution in [-0.2, 0) is 23.1 Å². The predicted octanol–water partition coefficient (Wildman–Crippen LogP) is 2.83. The molecule has 0 aliphatic heterocycles. The van der Waals surface area contributed by atoms with Gasteiger partial charge in [-0.25, -0.2) is 17.5 Å². The summed E-state index contributed by atoms with van der Waals surface area (Å²) in [5.41, 5.74) is 0.420. The molecular weight excluding hydrogens is 371 g/mol. The van der Waals surface area contributed by atoms with Crippen molar-refractivity contribution >= 4 is 15.9 Å². The van der Waals surface area contributed by atoms with Gasteiger partial charge in [-0.15, -0.1) is 0 Å². The first-order chi connectivity index (χ1) is 13.0. The number of rotatable bonds is 7. The zero-order valence-electron chi connectivity index (χ0n) is 14.2. The molecule has 0 bridgehead atoms. The van der Waals surface area contributed by atoms with E-state index >= 15 is 0 Å². The molecule has 2 N–H and O–H groups in total. The van der Waals surface area contributed by atoms with Crippen LogP contribution in [0.25, 0.3) is 0 Å². The summed E-state index contributed by atoms with van der Waals surface area (Å²) in [6.07, 6.45) is 1.50. The number of hydrogen-bond donors (Lipinski definition) is 2. The van der Waals surface area contributed by atoms with Crippen LogP contribution in [0.15, 0.2) is 76.2 Å². The lowest BCUT2D eigenvalue weighted by Gasteiger charge is -2.09. The van der Waals surface area contributed by atoms with E-state index in [1.807, 2.05) is 0 Å². The second kappa shape index (κ2) is 8.15. The van der Waals surface area contributed by atoms with Gasteiger partial charge >= 0.3 is 0 Å². The van der Waals surface area contributed by atoms with E-state index in [9.17, 15) is 17.6 Å². The van der Waals surface area contributed by atoms with Crippen molar-refractivity contribution in [3.8, 4) is 0 Å². The van der Waals surface area contributed by atoms with Crippen molar-refractivity contribution in [2.24, 2.45) is 0 Å². The number of amides is 1. The highest BCUT2D eigenvalue weighted by Gasteiger charge is 2.17. The van der Waals surface area contributed by atoms with Crippen LogP contribution in [0.5, 0.6) is 0 Å². The third-order valence-corrected chi connectivity index (χ3v) is 5.22. The van der Waals surface area contributed by atoms with Crippen molar-refractivity contribution in [1.29, 1.82) is 0 Å². The molecule has 0 aliphatic carbocycles. The summed E-state index contributed by atoms with van der Waals surface area (Å²) >= 11 is 0. The Morgan fingerprint density at radius 3 is 2.56 bits per heavy atom. The van der Waals surface area contributed by atoms with Gasteiger partial charge in [-0.05, 0) is 36.4 Å². The molecule has 0 atom stereocenters. The van der Waals surface area contributed by atoms with E-state index in [2.05, 4.69) is 10.0 Å². The van der Waals surface area contributed by atoms with Crippen molar-refractivity contribution in [2.45, 2.75) is 18.0 Å². The largest absolute Gasteiger partial charge is 0.467 e. The molecule has 0 saturated heterocycles. The zero-order chi connectivity index (χ0) is 19.3. The van der Waals surface area contributed by atoms with Crippen molar-refractivity contribution in [3.63, 3.8) is 0 Å². The van der Waals surface area contributed by atoms with Gasteiger partial charge in [-0.2, -0.15) is 0 Å². The van der Waals surface area contributed by atoms with E-state index in [0.29, 0.717) is 5.76 Å². The summed E-state index contributed by atoms with van der Waals surface area (Å²) in [4.78, 5) is 12.1. The molecule has 0 spiro atoms. The molecule has 2 aromatic carbocycles. The molecule has 0 unspecified atom stereocenters. The van der Waals surface area contributed by atoms with Crippen LogP contribution in [0.4, 0.5) is 4.39 Å². The van der Waals surface area contributed by atoms with Crippen molar-refractivity contribution < 1.29 is 22.0 Å². The SMILES string of the molecule is O=C(NCc1ccco1)c1cccc(S(=O)(=O)NCc2ccccc2F)c1. The third-order valence-electron chi connectivity index (χ3n) is 3.82. The molecule has 3 rings (SSSR count). The van der Waals surface area contributed by atoms with E-state index in [0.717, 1.165) is 0 Å². The number of carbonyl (C=O) groups excluding carboxylic acids is 1. The molecule has 6 nitrogen and oxygen atoms in total. The maximum absolute atomic E-state index is 13.6. The van der Waals surface area contributed by atoms with Gasteiger partial charge in [0, 0.05) is 17.7 Å². The van der Waals surface area contributed by atoms with Crippen LogP contribution in [-0.4, -0.2) is 14.3 Å². The van der Waals surface area contributed by atoms with Gasteiger partial charge in [0.1, 0.15) is 11.6 Å². The Kier molecular flexibility index (Phi) is 5.68. The summed E-state index contributed by atoms with van der Waals surface area (Å²) in [6.45, 7) is -0.00172. The summed E-state index contributed by atoms with van der Waals surface area (Å²) in [6, 6.07) is 14.9. The number of furan rings is 1. The van der Waals surface area contributed by atoms with E-state index in [1.165, 1.54) is 48.7 Å². The molecule has 1 amide bonds. The Bertz CT molecular complexity index is 1030. The van der Waals surface area contributed by atoms with Gasteiger partial charge in [0.2, 0.25) is 10.0 Å². The Morgan fingerprint density at radius 1 is 1.00 bits per heavy atom. The average molecular weight is 388 g/mol. The first-order valence-electron chi connectivity index (χ1n) is 8.09. The minimum absolute atomic E-state index is 0.0792. The Labute approximate surface area is 156 Å². The van der Waals surface area contributed by atoms with Crippen molar-refractivity contribution in [2.75, 3.05) is 0 Å². The Balaban J connectivity index is 1.69. The molecule has 1 aromatic heterocycles. The van der Waals surface area contributed by atoms with Gasteiger partial charge in [-0.1, -0.05) is 24.3 Å². The molecule has 0 fully saturated rings. The van der Waals surface area contributed by atoms with Gasteiger partial charge in [0.05, 0.1) is 17.7 Å². The van der Waals surface area contributed by atoms with E-state index < -0.39 is 21.7 Å². The standard InChI is InChI=1S/C19H17FN2O4S/c20-18-9-2-1-5-15(18)12-22-27(24,25)17-8-3-6-14(11-17)19(23)21-13-16-7-4-10-26-16/h1-11,22H,12-13H2,(H,21,23). The van der Waals surface area contributed by atoms with Crippen molar-refractivity contribution in [3.05, 3.63) is 89.6 Å². The highest BCUT2D eigenvalue weighted by Crippen LogP contribution is 2.14. The number of halogens is 1.